The molecule has 0 saturated carbocycles. The molecule has 1 amide bonds. The molecule has 33 heavy (non-hydrogen) atoms. The summed E-state index contributed by atoms with van der Waals surface area (Å²) in [5.74, 6) is 1.81. The van der Waals surface area contributed by atoms with Crippen molar-refractivity contribution in [1.82, 2.24) is 0 Å². The lowest BCUT2D eigenvalue weighted by molar-refractivity contribution is 0.0994. The zero-order chi connectivity index (χ0) is 23.8. The van der Waals surface area contributed by atoms with Gasteiger partial charge in [0.15, 0.2) is 5.76 Å². The van der Waals surface area contributed by atoms with Gasteiger partial charge in [0.25, 0.3) is 5.91 Å². The quantitative estimate of drug-likeness (QED) is 0.500. The van der Waals surface area contributed by atoms with E-state index in [0.717, 1.165) is 23.3 Å². The Balaban J connectivity index is 1.59. The van der Waals surface area contributed by atoms with Crippen molar-refractivity contribution in [2.24, 2.45) is 0 Å². The molecule has 1 aliphatic rings. The van der Waals surface area contributed by atoms with Gasteiger partial charge in [0, 0.05) is 29.7 Å². The molecule has 0 aliphatic carbocycles. The van der Waals surface area contributed by atoms with Crippen molar-refractivity contribution < 1.29 is 28.5 Å². The highest BCUT2D eigenvalue weighted by atomic mass is 16.5. The summed E-state index contributed by atoms with van der Waals surface area (Å²) in [5.41, 5.74) is 3.75. The number of phenols is 1. The minimum atomic E-state index is -0.451. The van der Waals surface area contributed by atoms with Gasteiger partial charge in [-0.1, -0.05) is 26.0 Å². The van der Waals surface area contributed by atoms with Gasteiger partial charge in [-0.2, -0.15) is 0 Å². The highest BCUT2D eigenvalue weighted by Crippen LogP contribution is 2.42. The fourth-order valence-electron chi connectivity index (χ4n) is 4.15. The average Bonchev–Trinajstić information content (AvgIpc) is 3.25. The number of anilines is 1. The van der Waals surface area contributed by atoms with Gasteiger partial charge < -0.3 is 29.1 Å². The number of fused-ring (bicyclic) bond motifs is 1. The van der Waals surface area contributed by atoms with Gasteiger partial charge in [-0.15, -0.1) is 0 Å². The number of hydrogen-bond acceptors (Lipinski definition) is 6. The number of nitrogens with one attached hydrogen (secondary N) is 1. The van der Waals surface area contributed by atoms with Crippen molar-refractivity contribution >= 4 is 11.6 Å². The van der Waals surface area contributed by atoms with Crippen molar-refractivity contribution in [1.29, 1.82) is 0 Å². The molecule has 3 aromatic rings. The molecule has 0 saturated heterocycles. The zero-order valence-corrected chi connectivity index (χ0v) is 19.6. The minimum absolute atomic E-state index is 0.0334. The SMILES string of the molecule is COc1cc(O)cc(OC)c1NC(=O)c1ccc(Cc2c(C)ccc3c2OCCC3(C)C)o1. The van der Waals surface area contributed by atoms with E-state index >= 15 is 0 Å². The Morgan fingerprint density at radius 3 is 2.48 bits per heavy atom. The summed E-state index contributed by atoms with van der Waals surface area (Å²) >= 11 is 0. The van der Waals surface area contributed by atoms with Gasteiger partial charge in [0.1, 0.15) is 34.4 Å². The van der Waals surface area contributed by atoms with Crippen LogP contribution in [-0.2, 0) is 11.8 Å². The molecule has 0 atom stereocenters. The van der Waals surface area contributed by atoms with Crippen molar-refractivity contribution in [2.45, 2.75) is 39.0 Å². The summed E-state index contributed by atoms with van der Waals surface area (Å²) in [6, 6.07) is 10.5. The first-order valence-electron chi connectivity index (χ1n) is 10.8. The van der Waals surface area contributed by atoms with Crippen molar-refractivity contribution in [2.75, 3.05) is 26.1 Å². The molecule has 1 aliphatic heterocycles. The molecular weight excluding hydrogens is 422 g/mol. The van der Waals surface area contributed by atoms with Crippen molar-refractivity contribution in [3.8, 4) is 23.0 Å². The van der Waals surface area contributed by atoms with E-state index in [2.05, 4.69) is 38.2 Å². The summed E-state index contributed by atoms with van der Waals surface area (Å²) in [6.45, 7) is 7.20. The Hall–Kier alpha value is -3.61. The van der Waals surface area contributed by atoms with E-state index < -0.39 is 5.91 Å². The van der Waals surface area contributed by atoms with Crippen LogP contribution in [0.25, 0.3) is 0 Å². The third kappa shape index (κ3) is 4.35. The number of carbonyl (C=O) groups excluding carboxylic acids is 1. The molecule has 1 aromatic heterocycles. The predicted molar refractivity (Wildman–Crippen MR) is 125 cm³/mol. The second kappa shape index (κ2) is 8.73. The summed E-state index contributed by atoms with van der Waals surface area (Å²) in [6.07, 6.45) is 1.49. The van der Waals surface area contributed by atoms with E-state index in [1.807, 2.05) is 0 Å². The molecule has 0 unspecified atom stereocenters. The zero-order valence-electron chi connectivity index (χ0n) is 19.6. The number of phenolic OH excluding ortho intramolecular Hbond substituents is 1. The van der Waals surface area contributed by atoms with Gasteiger partial charge in [-0.05, 0) is 36.5 Å². The average molecular weight is 452 g/mol. The molecular formula is C26H29NO6. The summed E-state index contributed by atoms with van der Waals surface area (Å²) in [5, 5.41) is 12.6. The lowest BCUT2D eigenvalue weighted by Crippen LogP contribution is -2.27. The Morgan fingerprint density at radius 2 is 1.82 bits per heavy atom. The third-order valence-corrected chi connectivity index (χ3v) is 6.16. The van der Waals surface area contributed by atoms with E-state index in [9.17, 15) is 9.90 Å². The molecule has 0 radical (unpaired) electrons. The summed E-state index contributed by atoms with van der Waals surface area (Å²) < 4.78 is 22.5. The van der Waals surface area contributed by atoms with Crippen LogP contribution in [0.15, 0.2) is 40.8 Å². The maximum Gasteiger partial charge on any atom is 0.291 e. The van der Waals surface area contributed by atoms with Gasteiger partial charge in [-0.3, -0.25) is 4.79 Å². The molecule has 2 heterocycles. The van der Waals surface area contributed by atoms with Gasteiger partial charge in [0.2, 0.25) is 0 Å². The second-order valence-corrected chi connectivity index (χ2v) is 8.84. The van der Waals surface area contributed by atoms with Crippen LogP contribution in [0.2, 0.25) is 0 Å². The van der Waals surface area contributed by atoms with Gasteiger partial charge in [-0.25, -0.2) is 0 Å². The molecule has 7 nitrogen and oxygen atoms in total. The number of furan rings is 1. The fraction of sp³-hybridized carbons (Fsp3) is 0.346. The van der Waals surface area contributed by atoms with E-state index in [1.165, 1.54) is 31.9 Å². The van der Waals surface area contributed by atoms with E-state index in [-0.39, 0.29) is 28.4 Å². The van der Waals surface area contributed by atoms with Crippen LogP contribution in [0.3, 0.4) is 0 Å². The highest BCUT2D eigenvalue weighted by Gasteiger charge is 2.31. The summed E-state index contributed by atoms with van der Waals surface area (Å²) in [4.78, 5) is 12.9. The molecule has 0 fully saturated rings. The topological polar surface area (TPSA) is 90.2 Å². The van der Waals surface area contributed by atoms with Crippen LogP contribution in [0.4, 0.5) is 5.69 Å². The minimum Gasteiger partial charge on any atom is -0.508 e. The van der Waals surface area contributed by atoms with Crippen LogP contribution >= 0.6 is 0 Å². The van der Waals surface area contributed by atoms with Crippen LogP contribution in [0.1, 0.15) is 53.3 Å². The van der Waals surface area contributed by atoms with Crippen LogP contribution in [0.5, 0.6) is 23.0 Å². The number of amides is 1. The lowest BCUT2D eigenvalue weighted by Gasteiger charge is -2.34. The van der Waals surface area contributed by atoms with Crippen molar-refractivity contribution in [3.63, 3.8) is 0 Å². The number of ether oxygens (including phenoxy) is 3. The molecule has 2 N–H and O–H groups in total. The van der Waals surface area contributed by atoms with Gasteiger partial charge in [0.05, 0.1) is 20.8 Å². The highest BCUT2D eigenvalue weighted by molar-refractivity contribution is 6.04. The summed E-state index contributed by atoms with van der Waals surface area (Å²) in [7, 11) is 2.89. The Kier molecular flexibility index (Phi) is 5.97. The molecule has 2 aromatic carbocycles. The van der Waals surface area contributed by atoms with Crippen molar-refractivity contribution in [3.05, 3.63) is 64.6 Å². The molecule has 0 bridgehead atoms. The van der Waals surface area contributed by atoms with Crippen LogP contribution < -0.4 is 19.5 Å². The smallest absolute Gasteiger partial charge is 0.291 e. The third-order valence-electron chi connectivity index (χ3n) is 6.16. The first kappa shape index (κ1) is 22.6. The Bertz CT molecular complexity index is 1170. The first-order chi connectivity index (χ1) is 15.7. The monoisotopic (exact) mass is 451 g/mol. The van der Waals surface area contributed by atoms with E-state index in [0.29, 0.717) is 24.5 Å². The molecule has 0 spiro atoms. The normalized spacial score (nSPS) is 14.2. The number of aromatic hydroxyl groups is 1. The first-order valence-corrected chi connectivity index (χ1v) is 10.8. The number of rotatable bonds is 6. The Morgan fingerprint density at radius 1 is 1.12 bits per heavy atom. The Labute approximate surface area is 193 Å². The number of benzene rings is 2. The standard InChI is InChI=1S/C26H29NO6/c1-15-6-8-19-24(32-11-10-26(19,2)3)18(15)14-17-7-9-20(33-17)25(29)27-23-21(30-4)12-16(28)13-22(23)31-5/h6-9,12-13,28H,10-11,14H2,1-5H3,(H,27,29). The second-order valence-electron chi connectivity index (χ2n) is 8.84. The maximum absolute atomic E-state index is 12.9. The van der Waals surface area contributed by atoms with E-state index in [4.69, 9.17) is 18.6 Å². The maximum atomic E-state index is 12.9. The van der Waals surface area contributed by atoms with Crippen LogP contribution in [-0.4, -0.2) is 31.8 Å². The lowest BCUT2D eigenvalue weighted by atomic mass is 9.78. The number of carbonyl (C=O) groups is 1. The predicted octanol–water partition coefficient (Wildman–Crippen LogP) is 5.21. The number of hydrogen-bond donors (Lipinski definition) is 2. The van der Waals surface area contributed by atoms with Gasteiger partial charge >= 0.3 is 0 Å². The van der Waals surface area contributed by atoms with E-state index in [1.54, 1.807) is 12.1 Å². The molecule has 174 valence electrons. The molecule has 4 rings (SSSR count). The number of aryl methyl sites for hydroxylation is 1. The largest absolute Gasteiger partial charge is 0.508 e. The fourth-order valence-corrected chi connectivity index (χ4v) is 4.15. The molecule has 7 heteroatoms. The number of methoxy groups -OCH3 is 2. The van der Waals surface area contributed by atoms with Crippen LogP contribution in [0, 0.1) is 6.92 Å².